The van der Waals surface area contributed by atoms with Crippen molar-refractivity contribution >= 4 is 30.1 Å². The van der Waals surface area contributed by atoms with E-state index in [2.05, 4.69) is 10.3 Å². The van der Waals surface area contributed by atoms with Crippen LogP contribution in [0.25, 0.3) is 0 Å². The van der Waals surface area contributed by atoms with E-state index in [0.717, 1.165) is 0 Å². The third-order valence-corrected chi connectivity index (χ3v) is 2.99. The minimum absolute atomic E-state index is 0. The maximum Gasteiger partial charge on any atom is 0.447 e. The number of hydrogen-bond donors (Lipinski definition) is 2. The summed E-state index contributed by atoms with van der Waals surface area (Å²) in [5.41, 5.74) is 0.826. The van der Waals surface area contributed by atoms with Gasteiger partial charge in [0.15, 0.2) is 0 Å². The number of thioether (sulfide) groups is 1. The molecule has 0 radical (unpaired) electrons. The van der Waals surface area contributed by atoms with Gasteiger partial charge in [-0.1, -0.05) is 6.92 Å². The fourth-order valence-corrected chi connectivity index (χ4v) is 1.80. The second-order valence-corrected chi connectivity index (χ2v) is 5.01. The van der Waals surface area contributed by atoms with E-state index in [4.69, 9.17) is 5.73 Å². The average molecular weight is 330 g/mol. The molecule has 0 aliphatic carbocycles. The molecule has 1 unspecified atom stereocenters. The molecule has 0 spiro atoms. The van der Waals surface area contributed by atoms with Crippen LogP contribution in [-0.4, -0.2) is 29.5 Å². The fraction of sp³-hybridized carbons (Fsp3) is 0.455. The molecule has 0 aromatic carbocycles. The van der Waals surface area contributed by atoms with Crippen molar-refractivity contribution in [1.29, 1.82) is 0 Å². The first-order chi connectivity index (χ1) is 8.83. The Balaban J connectivity index is 0.00000361. The first-order valence-corrected chi connectivity index (χ1v) is 6.34. The third-order valence-electron chi connectivity index (χ3n) is 2.24. The number of alkyl halides is 3. The number of amides is 1. The SMILES string of the molecule is CC(CN)CNC(=O)c1cccnc1SC(F)(F)F.Cl. The van der Waals surface area contributed by atoms with Crippen molar-refractivity contribution in [1.82, 2.24) is 10.3 Å². The van der Waals surface area contributed by atoms with Crippen LogP contribution in [0, 0.1) is 5.92 Å². The Morgan fingerprint density at radius 1 is 1.55 bits per heavy atom. The summed E-state index contributed by atoms with van der Waals surface area (Å²) in [6.07, 6.45) is 1.22. The molecular weight excluding hydrogens is 315 g/mol. The molecule has 0 saturated carbocycles. The number of nitrogens with two attached hydrogens (primary N) is 1. The zero-order valence-electron chi connectivity index (χ0n) is 10.6. The van der Waals surface area contributed by atoms with Gasteiger partial charge in [0.25, 0.3) is 5.91 Å². The number of nitrogens with one attached hydrogen (secondary N) is 1. The van der Waals surface area contributed by atoms with Gasteiger partial charge in [0.1, 0.15) is 5.03 Å². The van der Waals surface area contributed by atoms with E-state index in [0.29, 0.717) is 13.1 Å². The van der Waals surface area contributed by atoms with Crippen molar-refractivity contribution in [2.45, 2.75) is 17.5 Å². The summed E-state index contributed by atoms with van der Waals surface area (Å²) in [5, 5.41) is 2.18. The van der Waals surface area contributed by atoms with Crippen molar-refractivity contribution in [3.05, 3.63) is 23.9 Å². The number of carbonyl (C=O) groups excluding carboxylic acids is 1. The maximum absolute atomic E-state index is 12.3. The molecule has 0 aliphatic heterocycles. The lowest BCUT2D eigenvalue weighted by atomic mass is 10.2. The molecule has 1 amide bonds. The lowest BCUT2D eigenvalue weighted by Gasteiger charge is -2.12. The monoisotopic (exact) mass is 329 g/mol. The molecule has 3 N–H and O–H groups in total. The van der Waals surface area contributed by atoms with Crippen LogP contribution >= 0.6 is 24.2 Å². The standard InChI is InChI=1S/C11H14F3N3OS.ClH/c1-7(5-15)6-17-9(18)8-3-2-4-16-10(8)19-11(12,13)14;/h2-4,7H,5-6,15H2,1H3,(H,17,18);1H. The molecule has 4 nitrogen and oxygen atoms in total. The number of aromatic nitrogens is 1. The predicted octanol–water partition coefficient (Wildman–Crippen LogP) is 2.44. The van der Waals surface area contributed by atoms with Gasteiger partial charge in [0.2, 0.25) is 0 Å². The van der Waals surface area contributed by atoms with Crippen LogP contribution < -0.4 is 11.1 Å². The molecule has 1 aromatic rings. The highest BCUT2D eigenvalue weighted by Gasteiger charge is 2.32. The van der Waals surface area contributed by atoms with Crippen molar-refractivity contribution in [3.8, 4) is 0 Å². The summed E-state index contributed by atoms with van der Waals surface area (Å²) in [5.74, 6) is -0.528. The van der Waals surface area contributed by atoms with Gasteiger partial charge in [-0.2, -0.15) is 13.2 Å². The summed E-state index contributed by atoms with van der Waals surface area (Å²) in [6, 6.07) is 2.73. The van der Waals surface area contributed by atoms with Crippen LogP contribution in [-0.2, 0) is 0 Å². The summed E-state index contributed by atoms with van der Waals surface area (Å²) < 4.78 is 37.0. The smallest absolute Gasteiger partial charge is 0.352 e. The molecule has 0 fully saturated rings. The van der Waals surface area contributed by atoms with Gasteiger partial charge in [-0.25, -0.2) is 4.98 Å². The lowest BCUT2D eigenvalue weighted by Crippen LogP contribution is -2.31. The predicted molar refractivity (Wildman–Crippen MR) is 73.9 cm³/mol. The molecule has 0 aliphatic rings. The topological polar surface area (TPSA) is 68.0 Å². The van der Waals surface area contributed by atoms with Crippen LogP contribution in [0.3, 0.4) is 0 Å². The Hall–Kier alpha value is -0.990. The van der Waals surface area contributed by atoms with Crippen molar-refractivity contribution in [3.63, 3.8) is 0 Å². The Kier molecular flexibility index (Phi) is 7.92. The maximum atomic E-state index is 12.3. The summed E-state index contributed by atoms with van der Waals surface area (Å²) in [6.45, 7) is 2.52. The molecule has 1 atom stereocenters. The fourth-order valence-electron chi connectivity index (χ4n) is 1.20. The van der Waals surface area contributed by atoms with Crippen molar-refractivity contribution in [2.75, 3.05) is 13.1 Å². The van der Waals surface area contributed by atoms with E-state index in [1.54, 1.807) is 0 Å². The van der Waals surface area contributed by atoms with Gasteiger partial charge < -0.3 is 11.1 Å². The van der Waals surface area contributed by atoms with Crippen molar-refractivity contribution in [2.24, 2.45) is 11.7 Å². The van der Waals surface area contributed by atoms with Crippen LogP contribution in [0.2, 0.25) is 0 Å². The minimum atomic E-state index is -4.48. The van der Waals surface area contributed by atoms with E-state index < -0.39 is 23.2 Å². The number of hydrogen-bond acceptors (Lipinski definition) is 4. The molecule has 0 bridgehead atoms. The van der Waals surface area contributed by atoms with E-state index in [1.165, 1.54) is 18.3 Å². The normalized spacial score (nSPS) is 12.4. The van der Waals surface area contributed by atoms with Crippen LogP contribution in [0.4, 0.5) is 13.2 Å². The van der Waals surface area contributed by atoms with Gasteiger partial charge in [-0.05, 0) is 24.6 Å². The van der Waals surface area contributed by atoms with Crippen molar-refractivity contribution < 1.29 is 18.0 Å². The van der Waals surface area contributed by atoms with Gasteiger partial charge in [0.05, 0.1) is 5.56 Å². The quantitative estimate of drug-likeness (QED) is 0.814. The molecule has 20 heavy (non-hydrogen) atoms. The summed E-state index contributed by atoms with van der Waals surface area (Å²) >= 11 is -0.401. The van der Waals surface area contributed by atoms with E-state index >= 15 is 0 Å². The first-order valence-electron chi connectivity index (χ1n) is 5.52. The Morgan fingerprint density at radius 3 is 2.75 bits per heavy atom. The lowest BCUT2D eigenvalue weighted by molar-refractivity contribution is -0.0329. The van der Waals surface area contributed by atoms with Gasteiger partial charge in [0, 0.05) is 24.5 Å². The van der Waals surface area contributed by atoms with Gasteiger partial charge in [-0.3, -0.25) is 4.79 Å². The number of carbonyl (C=O) groups is 1. The van der Waals surface area contributed by atoms with Gasteiger partial charge in [-0.15, -0.1) is 12.4 Å². The Bertz CT molecular complexity index is 445. The molecule has 1 rings (SSSR count). The largest absolute Gasteiger partial charge is 0.447 e. The molecule has 1 heterocycles. The average Bonchev–Trinajstić information content (AvgIpc) is 2.34. The Labute approximate surface area is 125 Å². The van der Waals surface area contributed by atoms with Crippen LogP contribution in [0.1, 0.15) is 17.3 Å². The second-order valence-electron chi connectivity index (χ2n) is 3.95. The van der Waals surface area contributed by atoms with E-state index in [9.17, 15) is 18.0 Å². The number of halogens is 4. The molecule has 0 saturated heterocycles. The number of rotatable bonds is 5. The highest BCUT2D eigenvalue weighted by atomic mass is 35.5. The van der Waals surface area contributed by atoms with E-state index in [-0.39, 0.29) is 28.9 Å². The summed E-state index contributed by atoms with van der Waals surface area (Å²) in [7, 11) is 0. The number of pyridine rings is 1. The van der Waals surface area contributed by atoms with E-state index in [1.807, 2.05) is 6.92 Å². The minimum Gasteiger partial charge on any atom is -0.352 e. The number of nitrogens with zero attached hydrogens (tertiary/aromatic N) is 1. The Morgan fingerprint density at radius 2 is 2.20 bits per heavy atom. The summed E-state index contributed by atoms with van der Waals surface area (Å²) in [4.78, 5) is 15.4. The molecule has 9 heteroatoms. The first kappa shape index (κ1) is 19.0. The molecular formula is C11H15ClF3N3OS. The highest BCUT2D eigenvalue weighted by molar-refractivity contribution is 8.00. The third kappa shape index (κ3) is 6.44. The highest BCUT2D eigenvalue weighted by Crippen LogP contribution is 2.37. The van der Waals surface area contributed by atoms with Crippen LogP contribution in [0.5, 0.6) is 0 Å². The van der Waals surface area contributed by atoms with Crippen LogP contribution in [0.15, 0.2) is 23.4 Å². The molecule has 114 valence electrons. The zero-order chi connectivity index (χ0) is 14.5. The second kappa shape index (κ2) is 8.33. The zero-order valence-corrected chi connectivity index (χ0v) is 12.2. The van der Waals surface area contributed by atoms with Gasteiger partial charge >= 0.3 is 5.51 Å². The molecule has 1 aromatic heterocycles.